The second kappa shape index (κ2) is 17.3. The molecule has 0 saturated carbocycles. The van der Waals surface area contributed by atoms with Gasteiger partial charge in [-0.2, -0.15) is 0 Å². The van der Waals surface area contributed by atoms with E-state index in [0.29, 0.717) is 32.7 Å². The van der Waals surface area contributed by atoms with Gasteiger partial charge >= 0.3 is 0 Å². The molecule has 0 aliphatic carbocycles. The van der Waals surface area contributed by atoms with E-state index in [9.17, 15) is 0 Å². The fraction of sp³-hybridized carbons (Fsp3) is 0.500. The number of hydrogen-bond acceptors (Lipinski definition) is 1. The van der Waals surface area contributed by atoms with Crippen LogP contribution in [0.4, 0.5) is 0 Å². The Labute approximate surface area is 302 Å². The SMILES string of the molecule is CC(C)(C)c1ccc([S+]2CCCC2)cc1.CC(C)(C)c1ccc([S+]2CCCCC2)cc1.COc1c([S+]2CCCC2)ccc2ccccc12. The number of rotatable bonds is 4. The molecule has 3 aliphatic heterocycles. The van der Waals surface area contributed by atoms with Crippen LogP contribution in [0.15, 0.2) is 99.6 Å². The van der Waals surface area contributed by atoms with E-state index in [1.54, 1.807) is 16.9 Å². The van der Waals surface area contributed by atoms with E-state index in [-0.39, 0.29) is 10.8 Å². The Kier molecular flexibility index (Phi) is 13.4. The number of methoxy groups -OCH3 is 1. The fourth-order valence-corrected chi connectivity index (χ4v) is 13.9. The molecular weight excluding hydrogens is 641 g/mol. The lowest BCUT2D eigenvalue weighted by Gasteiger charge is -2.19. The molecule has 48 heavy (non-hydrogen) atoms. The topological polar surface area (TPSA) is 9.23 Å². The summed E-state index contributed by atoms with van der Waals surface area (Å²) in [5.41, 5.74) is 3.48. The van der Waals surface area contributed by atoms with E-state index in [1.807, 2.05) is 0 Å². The molecule has 0 unspecified atom stereocenters. The van der Waals surface area contributed by atoms with Crippen molar-refractivity contribution in [1.29, 1.82) is 0 Å². The first-order chi connectivity index (χ1) is 23.0. The van der Waals surface area contributed by atoms with Crippen LogP contribution in [0.3, 0.4) is 0 Å². The molecule has 0 bridgehead atoms. The highest BCUT2D eigenvalue weighted by molar-refractivity contribution is 7.97. The van der Waals surface area contributed by atoms with Crippen LogP contribution in [0.1, 0.15) is 97.6 Å². The quantitative estimate of drug-likeness (QED) is 0.193. The zero-order valence-corrected chi connectivity index (χ0v) is 33.4. The van der Waals surface area contributed by atoms with Gasteiger partial charge in [0.1, 0.15) is 34.5 Å². The van der Waals surface area contributed by atoms with E-state index >= 15 is 0 Å². The number of fused-ring (bicyclic) bond motifs is 1. The molecule has 0 amide bonds. The molecule has 258 valence electrons. The highest BCUT2D eigenvalue weighted by Gasteiger charge is 2.31. The zero-order valence-electron chi connectivity index (χ0n) is 30.9. The molecule has 4 aromatic carbocycles. The summed E-state index contributed by atoms with van der Waals surface area (Å²) in [7, 11) is 3.34. The first-order valence-corrected chi connectivity index (χ1v) is 23.0. The van der Waals surface area contributed by atoms with Crippen LogP contribution in [0.25, 0.3) is 10.8 Å². The molecular formula is C44H61OS3+3. The minimum atomic E-state index is 0.286. The summed E-state index contributed by atoms with van der Waals surface area (Å²) in [6.45, 7) is 13.7. The standard InChI is InChI=1S/C15H17OS.C15H23S.C14H21S/c1-16-15-13-7-3-2-6-12(13)8-9-14(15)17-10-4-5-11-17;1-15(2,3)13-7-9-14(10-8-13)16-11-5-4-6-12-16;1-14(2,3)12-6-8-13(9-7-12)15-10-4-5-11-15/h2-3,6-9H,4-5,10-11H2,1H3;7-10H,4-6,11-12H2,1-3H3;6-9H,4-5,10-11H2,1-3H3/q3*+1. The lowest BCUT2D eigenvalue weighted by Crippen LogP contribution is -2.18. The van der Waals surface area contributed by atoms with Crippen molar-refractivity contribution in [3.63, 3.8) is 0 Å². The number of hydrogen-bond donors (Lipinski definition) is 0. The predicted octanol–water partition coefficient (Wildman–Crippen LogP) is 11.5. The van der Waals surface area contributed by atoms with Crippen LogP contribution in [0, 0.1) is 0 Å². The third-order valence-corrected chi connectivity index (χ3v) is 17.3. The minimum Gasteiger partial charge on any atom is -0.491 e. The highest BCUT2D eigenvalue weighted by atomic mass is 32.2. The molecule has 7 rings (SSSR count). The molecule has 3 fully saturated rings. The maximum atomic E-state index is 5.68. The summed E-state index contributed by atoms with van der Waals surface area (Å²) >= 11 is 0. The van der Waals surface area contributed by atoms with Crippen molar-refractivity contribution < 1.29 is 4.74 Å². The van der Waals surface area contributed by atoms with Crippen LogP contribution in [-0.4, -0.2) is 41.6 Å². The predicted molar refractivity (Wildman–Crippen MR) is 219 cm³/mol. The van der Waals surface area contributed by atoms with E-state index < -0.39 is 0 Å². The van der Waals surface area contributed by atoms with Gasteiger partial charge in [-0.25, -0.2) is 0 Å². The number of ether oxygens (including phenoxy) is 1. The van der Waals surface area contributed by atoms with Gasteiger partial charge in [-0.15, -0.1) is 0 Å². The van der Waals surface area contributed by atoms with E-state index in [2.05, 4.69) is 126 Å². The Morgan fingerprint density at radius 1 is 0.458 bits per heavy atom. The van der Waals surface area contributed by atoms with Gasteiger partial charge in [0.25, 0.3) is 0 Å². The fourth-order valence-electron chi connectivity index (χ4n) is 6.79. The van der Waals surface area contributed by atoms with Crippen molar-refractivity contribution >= 4 is 43.5 Å². The molecule has 3 aliphatic rings. The van der Waals surface area contributed by atoms with Crippen LogP contribution < -0.4 is 4.74 Å². The Bertz CT molecular complexity index is 1540. The monoisotopic (exact) mass is 701 g/mol. The maximum absolute atomic E-state index is 5.68. The second-order valence-electron chi connectivity index (χ2n) is 15.5. The molecule has 3 saturated heterocycles. The van der Waals surface area contributed by atoms with Crippen LogP contribution in [-0.2, 0) is 43.5 Å². The van der Waals surface area contributed by atoms with E-state index in [1.165, 1.54) is 106 Å². The normalized spacial score (nSPS) is 17.8. The second-order valence-corrected chi connectivity index (χ2v) is 22.3. The van der Waals surface area contributed by atoms with Gasteiger partial charge in [-0.3, -0.25) is 0 Å². The largest absolute Gasteiger partial charge is 0.491 e. The Hall–Kier alpha value is -2.01. The smallest absolute Gasteiger partial charge is 0.197 e. The first kappa shape index (κ1) is 37.3. The summed E-state index contributed by atoms with van der Waals surface area (Å²) in [5.74, 6) is 9.49. The summed E-state index contributed by atoms with van der Waals surface area (Å²) < 4.78 is 5.68. The Balaban J connectivity index is 0.000000141. The van der Waals surface area contributed by atoms with Crippen LogP contribution in [0.5, 0.6) is 5.75 Å². The van der Waals surface area contributed by atoms with Gasteiger partial charge in [0.2, 0.25) is 0 Å². The van der Waals surface area contributed by atoms with Crippen molar-refractivity contribution in [2.45, 2.75) is 112 Å². The molecule has 0 aromatic heterocycles. The Morgan fingerprint density at radius 3 is 1.31 bits per heavy atom. The molecule has 4 aromatic rings. The summed E-state index contributed by atoms with van der Waals surface area (Å²) in [5, 5.41) is 2.53. The molecule has 0 N–H and O–H groups in total. The minimum absolute atomic E-state index is 0.286. The molecule has 0 atom stereocenters. The molecule has 3 heterocycles. The average Bonchev–Trinajstić information content (AvgIpc) is 3.84. The molecule has 0 spiro atoms. The van der Waals surface area contributed by atoms with Crippen molar-refractivity contribution in [2.75, 3.05) is 41.6 Å². The molecule has 0 radical (unpaired) electrons. The van der Waals surface area contributed by atoms with Crippen molar-refractivity contribution in [3.05, 3.63) is 96.1 Å². The summed E-state index contributed by atoms with van der Waals surface area (Å²) in [4.78, 5) is 4.61. The summed E-state index contributed by atoms with van der Waals surface area (Å²) in [6, 6.07) is 31.7. The summed E-state index contributed by atoms with van der Waals surface area (Å²) in [6.07, 6.45) is 9.93. The molecule has 1 nitrogen and oxygen atoms in total. The average molecular weight is 702 g/mol. The first-order valence-electron chi connectivity index (χ1n) is 18.3. The van der Waals surface area contributed by atoms with Gasteiger partial charge in [-0.05, 0) is 109 Å². The third-order valence-electron chi connectivity index (χ3n) is 9.81. The van der Waals surface area contributed by atoms with Crippen LogP contribution >= 0.6 is 0 Å². The van der Waals surface area contributed by atoms with Crippen molar-refractivity contribution in [3.8, 4) is 5.75 Å². The number of benzene rings is 4. The molecule has 4 heteroatoms. The lowest BCUT2D eigenvalue weighted by molar-refractivity contribution is 0.410. The van der Waals surface area contributed by atoms with E-state index in [4.69, 9.17) is 4.74 Å². The lowest BCUT2D eigenvalue weighted by atomic mass is 9.87. The van der Waals surface area contributed by atoms with Gasteiger partial charge < -0.3 is 4.74 Å². The van der Waals surface area contributed by atoms with Gasteiger partial charge in [0.05, 0.1) is 7.11 Å². The van der Waals surface area contributed by atoms with Gasteiger partial charge in [-0.1, -0.05) is 90.1 Å². The van der Waals surface area contributed by atoms with Gasteiger partial charge in [0.15, 0.2) is 20.4 Å². The van der Waals surface area contributed by atoms with Crippen LogP contribution in [0.2, 0.25) is 0 Å². The zero-order chi connectivity index (χ0) is 34.1. The third kappa shape index (κ3) is 10.0. The Morgan fingerprint density at radius 2 is 0.875 bits per heavy atom. The van der Waals surface area contributed by atoms with Crippen molar-refractivity contribution in [1.82, 2.24) is 0 Å². The maximum Gasteiger partial charge on any atom is 0.197 e. The van der Waals surface area contributed by atoms with Gasteiger partial charge in [0, 0.05) is 38.1 Å². The highest BCUT2D eigenvalue weighted by Crippen LogP contribution is 2.36. The van der Waals surface area contributed by atoms with Crippen molar-refractivity contribution in [2.24, 2.45) is 0 Å². The van der Waals surface area contributed by atoms with E-state index in [0.717, 1.165) is 5.75 Å².